The fourth-order valence-electron chi connectivity index (χ4n) is 4.64. The number of methoxy groups -OCH3 is 1. The maximum Gasteiger partial charge on any atom is 0.254 e. The Morgan fingerprint density at radius 1 is 1.02 bits per heavy atom. The maximum absolute atomic E-state index is 13.5. The third kappa shape index (κ3) is 8.48. The minimum Gasteiger partial charge on any atom is -0.497 e. The Labute approximate surface area is 251 Å². The highest BCUT2D eigenvalue weighted by molar-refractivity contribution is 7.09. The highest BCUT2D eigenvalue weighted by Crippen LogP contribution is 2.18. The van der Waals surface area contributed by atoms with Gasteiger partial charge in [0, 0.05) is 42.3 Å². The zero-order chi connectivity index (χ0) is 30.1. The minimum atomic E-state index is -0.862. The SMILES string of the molecule is COc1cccc(CNC[C@@H](O)[C@H](Cc2ccccc2)NC(=O)c2ccc(C)c(C(=O)N(C)Cc3nc(C)cs3)c2)c1. The van der Waals surface area contributed by atoms with E-state index in [0.717, 1.165) is 33.1 Å². The van der Waals surface area contributed by atoms with E-state index in [1.54, 1.807) is 37.3 Å². The van der Waals surface area contributed by atoms with Crippen LogP contribution < -0.4 is 15.4 Å². The summed E-state index contributed by atoms with van der Waals surface area (Å²) in [5, 5.41) is 20.3. The average molecular weight is 587 g/mol. The lowest BCUT2D eigenvalue weighted by atomic mass is 9.99. The lowest BCUT2D eigenvalue weighted by Gasteiger charge is -2.25. The number of aryl methyl sites for hydroxylation is 2. The summed E-state index contributed by atoms with van der Waals surface area (Å²) in [5.41, 5.74) is 4.54. The Morgan fingerprint density at radius 2 is 1.79 bits per heavy atom. The third-order valence-electron chi connectivity index (χ3n) is 7.01. The fraction of sp³-hybridized carbons (Fsp3) is 0.303. The molecule has 0 aliphatic carbocycles. The van der Waals surface area contributed by atoms with Gasteiger partial charge in [0.15, 0.2) is 0 Å². The fourth-order valence-corrected chi connectivity index (χ4v) is 5.47. The van der Waals surface area contributed by atoms with Gasteiger partial charge in [-0.05, 0) is 61.2 Å². The molecular formula is C33H38N4O4S. The predicted molar refractivity (Wildman–Crippen MR) is 166 cm³/mol. The van der Waals surface area contributed by atoms with Gasteiger partial charge in [-0.1, -0.05) is 48.5 Å². The van der Waals surface area contributed by atoms with Crippen LogP contribution in [0.2, 0.25) is 0 Å². The molecule has 42 heavy (non-hydrogen) atoms. The first-order valence-electron chi connectivity index (χ1n) is 13.9. The van der Waals surface area contributed by atoms with Crippen molar-refractivity contribution in [1.82, 2.24) is 20.5 Å². The topological polar surface area (TPSA) is 104 Å². The van der Waals surface area contributed by atoms with Crippen LogP contribution in [-0.2, 0) is 19.5 Å². The van der Waals surface area contributed by atoms with Crippen molar-refractivity contribution in [3.05, 3.63) is 117 Å². The molecular weight excluding hydrogens is 548 g/mol. The number of aliphatic hydroxyl groups is 1. The molecule has 4 aromatic rings. The Kier molecular flexibility index (Phi) is 10.8. The third-order valence-corrected chi connectivity index (χ3v) is 7.96. The van der Waals surface area contributed by atoms with Crippen molar-refractivity contribution < 1.29 is 19.4 Å². The van der Waals surface area contributed by atoms with Crippen LogP contribution in [0.4, 0.5) is 0 Å². The van der Waals surface area contributed by atoms with Gasteiger partial charge in [-0.15, -0.1) is 11.3 Å². The number of nitrogens with zero attached hydrogens (tertiary/aromatic N) is 2. The van der Waals surface area contributed by atoms with Crippen LogP contribution in [0.15, 0.2) is 78.2 Å². The molecule has 0 fully saturated rings. The molecule has 8 nitrogen and oxygen atoms in total. The molecule has 0 saturated heterocycles. The second-order valence-electron chi connectivity index (χ2n) is 10.4. The van der Waals surface area contributed by atoms with Gasteiger partial charge in [-0.25, -0.2) is 4.98 Å². The summed E-state index contributed by atoms with van der Waals surface area (Å²) in [6, 6.07) is 22.0. The van der Waals surface area contributed by atoms with Crippen LogP contribution in [-0.4, -0.2) is 59.7 Å². The van der Waals surface area contributed by atoms with E-state index in [2.05, 4.69) is 15.6 Å². The van der Waals surface area contributed by atoms with E-state index < -0.39 is 12.1 Å². The second kappa shape index (κ2) is 14.7. The van der Waals surface area contributed by atoms with Crippen molar-refractivity contribution in [2.45, 2.75) is 45.5 Å². The lowest BCUT2D eigenvalue weighted by Crippen LogP contribution is -2.48. The van der Waals surface area contributed by atoms with Crippen LogP contribution in [0, 0.1) is 13.8 Å². The number of aliphatic hydroxyl groups excluding tert-OH is 1. The molecule has 0 bridgehead atoms. The standard InChI is InChI=1S/C33H38N4O4S/c1-22-13-14-26(17-28(22)33(40)37(3)20-31-35-23(2)21-42-31)32(39)36-29(16-24-9-6-5-7-10-24)30(38)19-34-18-25-11-8-12-27(15-25)41-4/h5-15,17,21,29-30,34,38H,16,18-20H2,1-4H3,(H,36,39)/t29-,30+/m0/s1. The molecule has 220 valence electrons. The van der Waals surface area contributed by atoms with E-state index in [1.165, 1.54) is 11.3 Å². The summed E-state index contributed by atoms with van der Waals surface area (Å²) in [6.45, 7) is 4.98. The van der Waals surface area contributed by atoms with Crippen LogP contribution in [0.25, 0.3) is 0 Å². The molecule has 0 radical (unpaired) electrons. The van der Waals surface area contributed by atoms with Crippen LogP contribution >= 0.6 is 11.3 Å². The molecule has 0 aliphatic heterocycles. The van der Waals surface area contributed by atoms with Crippen molar-refractivity contribution in [3.63, 3.8) is 0 Å². The van der Waals surface area contributed by atoms with Gasteiger partial charge in [0.25, 0.3) is 11.8 Å². The van der Waals surface area contributed by atoms with Crippen molar-refractivity contribution in [1.29, 1.82) is 0 Å². The first-order chi connectivity index (χ1) is 20.2. The van der Waals surface area contributed by atoms with Gasteiger partial charge < -0.3 is 25.4 Å². The number of carbonyl (C=O) groups is 2. The van der Waals surface area contributed by atoms with E-state index in [-0.39, 0.29) is 18.4 Å². The zero-order valence-electron chi connectivity index (χ0n) is 24.5. The summed E-state index contributed by atoms with van der Waals surface area (Å²) in [7, 11) is 3.36. The second-order valence-corrected chi connectivity index (χ2v) is 11.3. The molecule has 1 heterocycles. The van der Waals surface area contributed by atoms with E-state index in [0.29, 0.717) is 30.6 Å². The number of hydrogen-bond donors (Lipinski definition) is 3. The van der Waals surface area contributed by atoms with E-state index >= 15 is 0 Å². The highest BCUT2D eigenvalue weighted by Gasteiger charge is 2.24. The molecule has 4 rings (SSSR count). The Morgan fingerprint density at radius 3 is 2.50 bits per heavy atom. The Hall–Kier alpha value is -4.05. The number of amides is 2. The monoisotopic (exact) mass is 586 g/mol. The largest absolute Gasteiger partial charge is 0.497 e. The normalized spacial score (nSPS) is 12.4. The van der Waals surface area contributed by atoms with Crippen molar-refractivity contribution in [2.75, 3.05) is 20.7 Å². The van der Waals surface area contributed by atoms with Crippen molar-refractivity contribution in [2.24, 2.45) is 0 Å². The summed E-state index contributed by atoms with van der Waals surface area (Å²) in [6.07, 6.45) is -0.415. The molecule has 3 aromatic carbocycles. The van der Waals surface area contributed by atoms with E-state index in [1.807, 2.05) is 73.8 Å². The lowest BCUT2D eigenvalue weighted by molar-refractivity contribution is 0.0784. The molecule has 0 aliphatic rings. The maximum atomic E-state index is 13.5. The van der Waals surface area contributed by atoms with Crippen LogP contribution in [0.1, 0.15) is 48.1 Å². The summed E-state index contributed by atoms with van der Waals surface area (Å²) >= 11 is 1.52. The summed E-state index contributed by atoms with van der Waals surface area (Å²) in [4.78, 5) is 32.8. The van der Waals surface area contributed by atoms with Gasteiger partial charge in [0.1, 0.15) is 10.8 Å². The number of nitrogens with one attached hydrogen (secondary N) is 2. The highest BCUT2D eigenvalue weighted by atomic mass is 32.1. The minimum absolute atomic E-state index is 0.183. The van der Waals surface area contributed by atoms with Gasteiger partial charge in [-0.3, -0.25) is 9.59 Å². The van der Waals surface area contributed by atoms with Gasteiger partial charge in [0.2, 0.25) is 0 Å². The number of rotatable bonds is 13. The molecule has 0 unspecified atom stereocenters. The van der Waals surface area contributed by atoms with Crippen LogP contribution in [0.5, 0.6) is 5.75 Å². The molecule has 3 N–H and O–H groups in total. The smallest absolute Gasteiger partial charge is 0.254 e. The molecule has 1 aromatic heterocycles. The first-order valence-corrected chi connectivity index (χ1v) is 14.7. The van der Waals surface area contributed by atoms with Gasteiger partial charge >= 0.3 is 0 Å². The first kappa shape index (κ1) is 30.9. The molecule has 9 heteroatoms. The van der Waals surface area contributed by atoms with Crippen molar-refractivity contribution >= 4 is 23.2 Å². The Balaban J connectivity index is 1.45. The number of carbonyl (C=O) groups excluding carboxylic acids is 2. The summed E-state index contributed by atoms with van der Waals surface area (Å²) in [5.74, 6) is 0.233. The Bertz CT molecular complexity index is 1490. The van der Waals surface area contributed by atoms with Gasteiger partial charge in [-0.2, -0.15) is 0 Å². The number of thiazole rings is 1. The van der Waals surface area contributed by atoms with Crippen molar-refractivity contribution in [3.8, 4) is 5.75 Å². The van der Waals surface area contributed by atoms with E-state index in [4.69, 9.17) is 4.74 Å². The number of hydrogen-bond acceptors (Lipinski definition) is 7. The zero-order valence-corrected chi connectivity index (χ0v) is 25.3. The molecule has 0 saturated carbocycles. The number of aromatic nitrogens is 1. The number of ether oxygens (including phenoxy) is 1. The molecule has 2 atom stereocenters. The van der Waals surface area contributed by atoms with E-state index in [9.17, 15) is 14.7 Å². The number of benzene rings is 3. The quantitative estimate of drug-likeness (QED) is 0.213. The average Bonchev–Trinajstić information content (AvgIpc) is 3.41. The molecule has 2 amide bonds. The summed E-state index contributed by atoms with van der Waals surface area (Å²) < 4.78 is 5.29. The molecule has 0 spiro atoms. The van der Waals surface area contributed by atoms with Crippen LogP contribution in [0.3, 0.4) is 0 Å². The predicted octanol–water partition coefficient (Wildman–Crippen LogP) is 4.53. The van der Waals surface area contributed by atoms with Gasteiger partial charge in [0.05, 0.1) is 25.8 Å².